The quantitative estimate of drug-likeness (QED) is 0.873. The number of nitrogens with one attached hydrogen (secondary N) is 1. The average Bonchev–Trinajstić information content (AvgIpc) is 2.87. The van der Waals surface area contributed by atoms with Crippen molar-refractivity contribution in [3.63, 3.8) is 0 Å². The third kappa shape index (κ3) is 3.45. The predicted molar refractivity (Wildman–Crippen MR) is 79.5 cm³/mol. The second-order valence-electron chi connectivity index (χ2n) is 5.02. The molecule has 0 spiro atoms. The average molecular weight is 272 g/mol. The summed E-state index contributed by atoms with van der Waals surface area (Å²) < 4.78 is 2.12. The molecule has 0 aliphatic rings. The van der Waals surface area contributed by atoms with Gasteiger partial charge in [-0.15, -0.1) is 0 Å². The van der Waals surface area contributed by atoms with Crippen molar-refractivity contribution >= 4 is 11.6 Å². The smallest absolute Gasteiger partial charge is 0.238 e. The maximum Gasteiger partial charge on any atom is 0.238 e. The molecule has 1 aromatic heterocycles. The predicted octanol–water partition coefficient (Wildman–Crippen LogP) is 1.95. The highest BCUT2D eigenvalue weighted by molar-refractivity contribution is 5.92. The molecule has 0 atom stereocenters. The van der Waals surface area contributed by atoms with Crippen LogP contribution in [0.2, 0.25) is 0 Å². The highest BCUT2D eigenvalue weighted by Gasteiger charge is 2.08. The fourth-order valence-corrected chi connectivity index (χ4v) is 2.11. The summed E-state index contributed by atoms with van der Waals surface area (Å²) >= 11 is 0. The number of hydrogen-bond donors (Lipinski definition) is 2. The van der Waals surface area contributed by atoms with Crippen molar-refractivity contribution in [3.8, 4) is 0 Å². The number of hydrogen-bond acceptors (Lipinski definition) is 3. The maximum absolute atomic E-state index is 11.3. The normalized spacial score (nSPS) is 10.8. The Hall–Kier alpha value is -2.14. The van der Waals surface area contributed by atoms with Crippen molar-refractivity contribution in [2.75, 3.05) is 11.9 Å². The van der Waals surface area contributed by atoms with E-state index in [1.54, 1.807) is 0 Å². The molecule has 3 N–H and O–H groups in total. The number of nitrogens with zero attached hydrogens (tertiary/aromatic N) is 2. The van der Waals surface area contributed by atoms with Crippen LogP contribution in [0.4, 0.5) is 5.69 Å². The molecule has 0 saturated carbocycles. The van der Waals surface area contributed by atoms with Crippen molar-refractivity contribution in [1.29, 1.82) is 0 Å². The molecular weight excluding hydrogens is 252 g/mol. The zero-order valence-corrected chi connectivity index (χ0v) is 11.8. The molecule has 2 rings (SSSR count). The van der Waals surface area contributed by atoms with Gasteiger partial charge in [-0.3, -0.25) is 4.79 Å². The summed E-state index contributed by atoms with van der Waals surface area (Å²) in [6.07, 6.45) is 3.79. The highest BCUT2D eigenvalue weighted by atomic mass is 16.1. The Labute approximate surface area is 118 Å². The van der Waals surface area contributed by atoms with Crippen molar-refractivity contribution in [3.05, 3.63) is 48.0 Å². The van der Waals surface area contributed by atoms with Gasteiger partial charge in [-0.2, -0.15) is 0 Å². The third-order valence-electron chi connectivity index (χ3n) is 3.01. The van der Waals surface area contributed by atoms with Crippen molar-refractivity contribution < 1.29 is 4.79 Å². The van der Waals surface area contributed by atoms with Gasteiger partial charge in [0.05, 0.1) is 6.54 Å². The van der Waals surface area contributed by atoms with Gasteiger partial charge in [-0.25, -0.2) is 4.98 Å². The van der Waals surface area contributed by atoms with Gasteiger partial charge in [0.2, 0.25) is 5.91 Å². The number of carbonyl (C=O) groups is 1. The summed E-state index contributed by atoms with van der Waals surface area (Å²) in [7, 11) is 0. The van der Waals surface area contributed by atoms with Gasteiger partial charge >= 0.3 is 0 Å². The minimum Gasteiger partial charge on any atom is -0.330 e. The van der Waals surface area contributed by atoms with Crippen molar-refractivity contribution in [2.45, 2.75) is 26.3 Å². The van der Waals surface area contributed by atoms with Crippen LogP contribution in [0, 0.1) is 0 Å². The number of carbonyl (C=O) groups excluding carboxylic acids is 1. The Bertz CT molecular complexity index is 589. The van der Waals surface area contributed by atoms with E-state index in [9.17, 15) is 4.79 Å². The second kappa shape index (κ2) is 6.34. The zero-order chi connectivity index (χ0) is 14.5. The fourth-order valence-electron chi connectivity index (χ4n) is 2.11. The second-order valence-corrected chi connectivity index (χ2v) is 5.02. The van der Waals surface area contributed by atoms with Crippen LogP contribution in [0.5, 0.6) is 0 Å². The minimum absolute atomic E-state index is 0.0107. The third-order valence-corrected chi connectivity index (χ3v) is 3.01. The molecule has 20 heavy (non-hydrogen) atoms. The fraction of sp³-hybridized carbons (Fsp3) is 0.333. The Kier molecular flexibility index (Phi) is 4.53. The summed E-state index contributed by atoms with van der Waals surface area (Å²) in [6.45, 7) is 4.97. The molecule has 0 aliphatic carbocycles. The van der Waals surface area contributed by atoms with Gasteiger partial charge in [-0.1, -0.05) is 26.0 Å². The van der Waals surface area contributed by atoms with E-state index in [0.717, 1.165) is 23.6 Å². The lowest BCUT2D eigenvalue weighted by Gasteiger charge is -2.11. The van der Waals surface area contributed by atoms with Crippen LogP contribution in [0.3, 0.4) is 0 Å². The molecule has 5 heteroatoms. The Morgan fingerprint density at radius 1 is 1.45 bits per heavy atom. The summed E-state index contributed by atoms with van der Waals surface area (Å²) in [4.78, 5) is 15.7. The highest BCUT2D eigenvalue weighted by Crippen LogP contribution is 2.16. The first-order valence-corrected chi connectivity index (χ1v) is 6.70. The van der Waals surface area contributed by atoms with Crippen molar-refractivity contribution in [2.24, 2.45) is 5.73 Å². The maximum atomic E-state index is 11.3. The van der Waals surface area contributed by atoms with E-state index in [-0.39, 0.29) is 12.5 Å². The van der Waals surface area contributed by atoms with Crippen LogP contribution in [-0.4, -0.2) is 22.0 Å². The molecule has 0 aliphatic heterocycles. The molecule has 1 amide bonds. The van der Waals surface area contributed by atoms with Crippen LogP contribution in [0.25, 0.3) is 0 Å². The van der Waals surface area contributed by atoms with E-state index in [4.69, 9.17) is 5.73 Å². The molecule has 0 unspecified atom stereocenters. The van der Waals surface area contributed by atoms with Crippen LogP contribution < -0.4 is 11.1 Å². The molecule has 0 radical (unpaired) electrons. The number of rotatable bonds is 5. The number of benzene rings is 1. The van der Waals surface area contributed by atoms with Gasteiger partial charge in [0.25, 0.3) is 0 Å². The van der Waals surface area contributed by atoms with Crippen LogP contribution in [0.15, 0.2) is 36.7 Å². The van der Waals surface area contributed by atoms with E-state index in [1.807, 2.05) is 36.7 Å². The lowest BCUT2D eigenvalue weighted by molar-refractivity contribution is -0.114. The Balaban J connectivity index is 2.15. The number of nitrogens with two attached hydrogens (primary N) is 1. The van der Waals surface area contributed by atoms with E-state index >= 15 is 0 Å². The van der Waals surface area contributed by atoms with E-state index in [2.05, 4.69) is 28.7 Å². The summed E-state index contributed by atoms with van der Waals surface area (Å²) in [5.41, 5.74) is 7.17. The number of imidazole rings is 1. The first kappa shape index (κ1) is 14.3. The van der Waals surface area contributed by atoms with E-state index in [1.165, 1.54) is 0 Å². The summed E-state index contributed by atoms with van der Waals surface area (Å²) in [6, 6.07) is 7.77. The lowest BCUT2D eigenvalue weighted by atomic mass is 10.1. The lowest BCUT2D eigenvalue weighted by Crippen LogP contribution is -2.21. The van der Waals surface area contributed by atoms with Gasteiger partial charge in [0.1, 0.15) is 5.82 Å². The summed E-state index contributed by atoms with van der Waals surface area (Å²) in [5.74, 6) is 1.25. The number of amides is 1. The van der Waals surface area contributed by atoms with Gasteiger partial charge in [0.15, 0.2) is 0 Å². The summed E-state index contributed by atoms with van der Waals surface area (Å²) in [5, 5.41) is 2.76. The topological polar surface area (TPSA) is 72.9 Å². The monoisotopic (exact) mass is 272 g/mol. The van der Waals surface area contributed by atoms with Crippen molar-refractivity contribution in [1.82, 2.24) is 9.55 Å². The molecule has 106 valence electrons. The van der Waals surface area contributed by atoms with E-state index < -0.39 is 0 Å². The standard InChI is InChI=1S/C15H20N4O/c1-11(2)15-17-6-7-19(15)10-12-4-3-5-13(8-12)18-14(20)9-16/h3-8,11H,9-10,16H2,1-2H3,(H,18,20). The van der Waals surface area contributed by atoms with E-state index in [0.29, 0.717) is 5.92 Å². The first-order chi connectivity index (χ1) is 9.60. The van der Waals surface area contributed by atoms with Gasteiger partial charge < -0.3 is 15.6 Å². The molecule has 1 aromatic carbocycles. The number of aromatic nitrogens is 2. The molecule has 2 aromatic rings. The van der Waals surface area contributed by atoms with Gasteiger partial charge in [0, 0.05) is 30.5 Å². The molecule has 5 nitrogen and oxygen atoms in total. The largest absolute Gasteiger partial charge is 0.330 e. The Morgan fingerprint density at radius 2 is 2.25 bits per heavy atom. The molecule has 0 bridgehead atoms. The zero-order valence-electron chi connectivity index (χ0n) is 11.8. The SMILES string of the molecule is CC(C)c1nccn1Cc1cccc(NC(=O)CN)c1. The van der Waals surface area contributed by atoms with Crippen LogP contribution in [0.1, 0.15) is 31.2 Å². The van der Waals surface area contributed by atoms with Crippen LogP contribution >= 0.6 is 0 Å². The van der Waals surface area contributed by atoms with Crippen LogP contribution in [-0.2, 0) is 11.3 Å². The molecular formula is C15H20N4O. The van der Waals surface area contributed by atoms with Gasteiger partial charge in [-0.05, 0) is 17.7 Å². The minimum atomic E-state index is -0.187. The molecule has 0 fully saturated rings. The molecule has 1 heterocycles. The molecule has 0 saturated heterocycles. The number of anilines is 1. The Morgan fingerprint density at radius 3 is 2.95 bits per heavy atom. The first-order valence-electron chi connectivity index (χ1n) is 6.70.